The number of carbonyl (C=O) groups excluding carboxylic acids is 1. The Morgan fingerprint density at radius 2 is 1.78 bits per heavy atom. The lowest BCUT2D eigenvalue weighted by atomic mass is 9.92. The average molecular weight is 241 g/mol. The van der Waals surface area contributed by atoms with E-state index < -0.39 is 0 Å². The van der Waals surface area contributed by atoms with Crippen LogP contribution in [-0.4, -0.2) is 11.8 Å². The Morgan fingerprint density at radius 3 is 2.50 bits per heavy atom. The molecule has 0 bridgehead atoms. The number of benzene rings is 2. The van der Waals surface area contributed by atoms with Crippen molar-refractivity contribution in [1.29, 1.82) is 0 Å². The van der Waals surface area contributed by atoms with Gasteiger partial charge in [-0.1, -0.05) is 49.4 Å². The van der Waals surface area contributed by atoms with Crippen molar-refractivity contribution in [3.05, 3.63) is 48.0 Å². The summed E-state index contributed by atoms with van der Waals surface area (Å²) in [7, 11) is 0. The summed E-state index contributed by atoms with van der Waals surface area (Å²) in [6.07, 6.45) is 0.462. The largest absolute Gasteiger partial charge is 0.327 e. The lowest BCUT2D eigenvalue weighted by molar-refractivity contribution is -0.122. The average Bonchev–Trinajstić information content (AvgIpc) is 2.38. The number of ketones is 1. The van der Waals surface area contributed by atoms with Crippen LogP contribution in [0.2, 0.25) is 0 Å². The van der Waals surface area contributed by atoms with E-state index in [2.05, 4.69) is 18.2 Å². The maximum atomic E-state index is 12.1. The number of hydrogen-bond acceptors (Lipinski definition) is 2. The topological polar surface area (TPSA) is 43.1 Å². The zero-order valence-electron chi connectivity index (χ0n) is 10.9. The van der Waals surface area contributed by atoms with Crippen LogP contribution < -0.4 is 5.73 Å². The minimum absolute atomic E-state index is 0.0903. The number of nitrogens with two attached hydrogens (primary N) is 1. The van der Waals surface area contributed by atoms with Crippen LogP contribution in [-0.2, 0) is 11.2 Å². The van der Waals surface area contributed by atoms with Crippen LogP contribution in [0.5, 0.6) is 0 Å². The molecule has 0 aliphatic heterocycles. The first-order chi connectivity index (χ1) is 8.59. The lowest BCUT2D eigenvalue weighted by Gasteiger charge is -2.14. The smallest absolute Gasteiger partial charge is 0.141 e. The van der Waals surface area contributed by atoms with Gasteiger partial charge in [-0.2, -0.15) is 0 Å². The first-order valence-electron chi connectivity index (χ1n) is 6.34. The summed E-state index contributed by atoms with van der Waals surface area (Å²) in [5.41, 5.74) is 6.87. The van der Waals surface area contributed by atoms with Crippen molar-refractivity contribution < 1.29 is 4.79 Å². The highest BCUT2D eigenvalue weighted by molar-refractivity contribution is 5.91. The van der Waals surface area contributed by atoms with E-state index >= 15 is 0 Å². The molecule has 2 aromatic rings. The maximum Gasteiger partial charge on any atom is 0.141 e. The fourth-order valence-corrected chi connectivity index (χ4v) is 2.09. The molecule has 2 unspecified atom stereocenters. The fourth-order valence-electron chi connectivity index (χ4n) is 2.09. The molecule has 2 nitrogen and oxygen atoms in total. The molecule has 0 heterocycles. The molecular formula is C16H19NO. The summed E-state index contributed by atoms with van der Waals surface area (Å²) in [5.74, 6) is 0.116. The van der Waals surface area contributed by atoms with Crippen LogP contribution in [0.1, 0.15) is 19.4 Å². The zero-order valence-corrected chi connectivity index (χ0v) is 10.9. The van der Waals surface area contributed by atoms with E-state index in [1.54, 1.807) is 0 Å². The van der Waals surface area contributed by atoms with Crippen molar-refractivity contribution in [3.8, 4) is 0 Å². The second-order valence-electron chi connectivity index (χ2n) is 4.93. The van der Waals surface area contributed by atoms with Crippen LogP contribution in [0, 0.1) is 5.92 Å². The van der Waals surface area contributed by atoms with E-state index in [4.69, 9.17) is 5.73 Å². The van der Waals surface area contributed by atoms with Gasteiger partial charge in [0.2, 0.25) is 0 Å². The Balaban J connectivity index is 2.30. The molecule has 0 aliphatic rings. The second-order valence-corrected chi connectivity index (χ2v) is 4.93. The van der Waals surface area contributed by atoms with Crippen LogP contribution in [0.15, 0.2) is 42.5 Å². The minimum atomic E-state index is -0.0935. The molecule has 2 N–H and O–H groups in total. The van der Waals surface area contributed by atoms with Gasteiger partial charge in [0.15, 0.2) is 0 Å². The van der Waals surface area contributed by atoms with Gasteiger partial charge in [0, 0.05) is 18.4 Å². The van der Waals surface area contributed by atoms with Crippen molar-refractivity contribution in [1.82, 2.24) is 0 Å². The molecule has 2 aromatic carbocycles. The fraction of sp³-hybridized carbons (Fsp3) is 0.312. The molecule has 0 aromatic heterocycles. The van der Waals surface area contributed by atoms with Gasteiger partial charge in [-0.25, -0.2) is 0 Å². The zero-order chi connectivity index (χ0) is 13.1. The predicted molar refractivity (Wildman–Crippen MR) is 75.5 cm³/mol. The summed E-state index contributed by atoms with van der Waals surface area (Å²) in [6.45, 7) is 3.78. The lowest BCUT2D eigenvalue weighted by Crippen LogP contribution is -2.31. The molecule has 0 saturated carbocycles. The normalized spacial score (nSPS) is 14.4. The van der Waals surface area contributed by atoms with Gasteiger partial charge in [0.25, 0.3) is 0 Å². The van der Waals surface area contributed by atoms with Crippen LogP contribution >= 0.6 is 0 Å². The van der Waals surface area contributed by atoms with Crippen molar-refractivity contribution >= 4 is 16.6 Å². The molecular weight excluding hydrogens is 222 g/mol. The molecule has 0 fully saturated rings. The molecule has 0 amide bonds. The Bertz CT molecular complexity index is 555. The van der Waals surface area contributed by atoms with E-state index in [1.807, 2.05) is 38.1 Å². The Labute approximate surface area is 108 Å². The molecule has 0 spiro atoms. The SMILES string of the molecule is CC(N)C(C)C(=O)Cc1cccc2ccccc12. The molecule has 2 rings (SSSR count). The van der Waals surface area contributed by atoms with E-state index in [9.17, 15) is 4.79 Å². The highest BCUT2D eigenvalue weighted by Crippen LogP contribution is 2.20. The molecule has 2 atom stereocenters. The molecule has 2 heteroatoms. The van der Waals surface area contributed by atoms with Crippen molar-refractivity contribution in [2.75, 3.05) is 0 Å². The van der Waals surface area contributed by atoms with Crippen molar-refractivity contribution in [3.63, 3.8) is 0 Å². The monoisotopic (exact) mass is 241 g/mol. The predicted octanol–water partition coefficient (Wildman–Crippen LogP) is 2.93. The summed E-state index contributed by atoms with van der Waals surface area (Å²) < 4.78 is 0. The molecule has 0 radical (unpaired) electrons. The van der Waals surface area contributed by atoms with Crippen molar-refractivity contribution in [2.45, 2.75) is 26.3 Å². The summed E-state index contributed by atoms with van der Waals surface area (Å²) in [4.78, 5) is 12.1. The van der Waals surface area contributed by atoms with E-state index in [0.29, 0.717) is 6.42 Å². The highest BCUT2D eigenvalue weighted by Gasteiger charge is 2.17. The number of fused-ring (bicyclic) bond motifs is 1. The number of Topliss-reactive ketones (excluding diaryl/α,β-unsaturated/α-hetero) is 1. The van der Waals surface area contributed by atoms with Crippen LogP contribution in [0.4, 0.5) is 0 Å². The highest BCUT2D eigenvalue weighted by atomic mass is 16.1. The first-order valence-corrected chi connectivity index (χ1v) is 6.34. The van der Waals surface area contributed by atoms with Crippen LogP contribution in [0.3, 0.4) is 0 Å². The van der Waals surface area contributed by atoms with Gasteiger partial charge in [-0.3, -0.25) is 4.79 Å². The van der Waals surface area contributed by atoms with Gasteiger partial charge in [-0.05, 0) is 23.3 Å². The minimum Gasteiger partial charge on any atom is -0.327 e. The van der Waals surface area contributed by atoms with Gasteiger partial charge in [0.1, 0.15) is 5.78 Å². The second kappa shape index (κ2) is 5.32. The summed E-state index contributed by atoms with van der Waals surface area (Å²) >= 11 is 0. The van der Waals surface area contributed by atoms with Gasteiger partial charge >= 0.3 is 0 Å². The third-order valence-electron chi connectivity index (χ3n) is 3.54. The van der Waals surface area contributed by atoms with Crippen LogP contribution in [0.25, 0.3) is 10.8 Å². The Kier molecular flexibility index (Phi) is 3.78. The molecule has 94 valence electrons. The third kappa shape index (κ3) is 2.59. The molecule has 0 aliphatic carbocycles. The van der Waals surface area contributed by atoms with E-state index in [-0.39, 0.29) is 17.7 Å². The molecule has 18 heavy (non-hydrogen) atoms. The Hall–Kier alpha value is -1.67. The van der Waals surface area contributed by atoms with E-state index in [1.165, 1.54) is 5.39 Å². The maximum absolute atomic E-state index is 12.1. The van der Waals surface area contributed by atoms with Gasteiger partial charge in [-0.15, -0.1) is 0 Å². The first kappa shape index (κ1) is 12.8. The van der Waals surface area contributed by atoms with Gasteiger partial charge < -0.3 is 5.73 Å². The van der Waals surface area contributed by atoms with Crippen molar-refractivity contribution in [2.24, 2.45) is 11.7 Å². The summed E-state index contributed by atoms with van der Waals surface area (Å²) in [6, 6.07) is 14.2. The van der Waals surface area contributed by atoms with Gasteiger partial charge in [0.05, 0.1) is 0 Å². The number of hydrogen-bond donors (Lipinski definition) is 1. The Morgan fingerprint density at radius 1 is 1.11 bits per heavy atom. The standard InChI is InChI=1S/C16H19NO/c1-11(12(2)17)16(18)10-14-8-5-7-13-6-3-4-9-15(13)14/h3-9,11-12H,10,17H2,1-2H3. The quantitative estimate of drug-likeness (QED) is 0.894. The molecule has 0 saturated heterocycles. The van der Waals surface area contributed by atoms with E-state index in [0.717, 1.165) is 10.9 Å². The number of rotatable bonds is 4. The summed E-state index contributed by atoms with van der Waals surface area (Å²) in [5, 5.41) is 2.33. The third-order valence-corrected chi connectivity index (χ3v) is 3.54. The number of carbonyl (C=O) groups is 1.